The van der Waals surface area contributed by atoms with Gasteiger partial charge in [-0.05, 0) is 17.7 Å². The first-order valence-corrected chi connectivity index (χ1v) is 7.83. The van der Waals surface area contributed by atoms with Gasteiger partial charge in [-0.25, -0.2) is 12.8 Å². The SMILES string of the molecule is CCS(=O)(=O)[C@H]1[C@@H](c2ccc(F)cc2)[C@@]1(N)COC. The van der Waals surface area contributed by atoms with E-state index in [1.165, 1.54) is 19.2 Å². The van der Waals surface area contributed by atoms with Gasteiger partial charge in [0.25, 0.3) is 0 Å². The zero-order chi connectivity index (χ0) is 14.3. The third-order valence-corrected chi connectivity index (χ3v) is 6.00. The zero-order valence-corrected chi connectivity index (χ0v) is 11.8. The molecule has 0 radical (unpaired) electrons. The summed E-state index contributed by atoms with van der Waals surface area (Å²) in [7, 11) is -1.77. The van der Waals surface area contributed by atoms with E-state index in [9.17, 15) is 12.8 Å². The third kappa shape index (κ3) is 2.40. The lowest BCUT2D eigenvalue weighted by atomic mass is 10.1. The van der Waals surface area contributed by atoms with Crippen molar-refractivity contribution in [1.29, 1.82) is 0 Å². The molecule has 19 heavy (non-hydrogen) atoms. The number of hydrogen-bond acceptors (Lipinski definition) is 4. The van der Waals surface area contributed by atoms with Crippen LogP contribution in [0.4, 0.5) is 4.39 Å². The van der Waals surface area contributed by atoms with E-state index >= 15 is 0 Å². The molecule has 0 spiro atoms. The molecule has 2 N–H and O–H groups in total. The van der Waals surface area contributed by atoms with Gasteiger partial charge >= 0.3 is 0 Å². The molecule has 3 atom stereocenters. The highest BCUT2D eigenvalue weighted by atomic mass is 32.2. The normalized spacial score (nSPS) is 30.3. The van der Waals surface area contributed by atoms with Crippen LogP contribution in [0.2, 0.25) is 0 Å². The van der Waals surface area contributed by atoms with Crippen LogP contribution in [0, 0.1) is 5.82 Å². The van der Waals surface area contributed by atoms with E-state index in [4.69, 9.17) is 10.5 Å². The summed E-state index contributed by atoms with van der Waals surface area (Å²) in [5.74, 6) is -0.649. The fourth-order valence-electron chi connectivity index (χ4n) is 2.72. The fraction of sp³-hybridized carbons (Fsp3) is 0.538. The van der Waals surface area contributed by atoms with Crippen molar-refractivity contribution in [3.05, 3.63) is 35.6 Å². The van der Waals surface area contributed by atoms with Crippen molar-refractivity contribution in [2.45, 2.75) is 23.6 Å². The maximum atomic E-state index is 12.9. The van der Waals surface area contributed by atoms with Crippen LogP contribution in [0.1, 0.15) is 18.4 Å². The molecule has 0 heterocycles. The monoisotopic (exact) mass is 287 g/mol. The van der Waals surface area contributed by atoms with E-state index in [0.29, 0.717) is 0 Å². The number of ether oxygens (including phenoxy) is 1. The van der Waals surface area contributed by atoms with Gasteiger partial charge in [-0.2, -0.15) is 0 Å². The van der Waals surface area contributed by atoms with Gasteiger partial charge in [0.15, 0.2) is 9.84 Å². The van der Waals surface area contributed by atoms with Gasteiger partial charge in [-0.3, -0.25) is 0 Å². The molecule has 1 aliphatic carbocycles. The summed E-state index contributed by atoms with van der Waals surface area (Å²) in [6, 6.07) is 5.80. The van der Waals surface area contributed by atoms with Crippen molar-refractivity contribution in [3.63, 3.8) is 0 Å². The molecule has 1 aromatic rings. The van der Waals surface area contributed by atoms with Crippen LogP contribution in [-0.2, 0) is 14.6 Å². The molecule has 0 bridgehead atoms. The minimum Gasteiger partial charge on any atom is -0.383 e. The van der Waals surface area contributed by atoms with Crippen molar-refractivity contribution in [3.8, 4) is 0 Å². The standard InChI is InChI=1S/C13H18FNO3S/c1-3-19(16,17)12-11(13(12,15)8-18-2)9-4-6-10(14)7-5-9/h4-7,11-12H,3,8,15H2,1-2H3/t11-,12+,13+/m1/s1. The lowest BCUT2D eigenvalue weighted by Crippen LogP contribution is -2.36. The first kappa shape index (κ1) is 14.4. The minimum absolute atomic E-state index is 0.0397. The van der Waals surface area contributed by atoms with Crippen molar-refractivity contribution in [2.24, 2.45) is 5.73 Å². The number of halogens is 1. The largest absolute Gasteiger partial charge is 0.383 e. The summed E-state index contributed by atoms with van der Waals surface area (Å²) in [6.07, 6.45) is 0. The minimum atomic E-state index is -3.26. The van der Waals surface area contributed by atoms with Gasteiger partial charge in [0.1, 0.15) is 5.82 Å². The molecule has 4 nitrogen and oxygen atoms in total. The van der Waals surface area contributed by atoms with E-state index in [1.54, 1.807) is 19.1 Å². The Balaban J connectivity index is 2.36. The van der Waals surface area contributed by atoms with Crippen LogP contribution in [0.25, 0.3) is 0 Å². The third-order valence-electron chi connectivity index (χ3n) is 3.72. The number of rotatable bonds is 5. The first-order valence-electron chi connectivity index (χ1n) is 6.11. The zero-order valence-electron chi connectivity index (χ0n) is 11.0. The summed E-state index contributed by atoms with van der Waals surface area (Å²) in [6.45, 7) is 1.77. The average molecular weight is 287 g/mol. The summed E-state index contributed by atoms with van der Waals surface area (Å²) in [5, 5.41) is -0.657. The summed E-state index contributed by atoms with van der Waals surface area (Å²) in [4.78, 5) is 0. The molecule has 1 aliphatic rings. The lowest BCUT2D eigenvalue weighted by molar-refractivity contribution is 0.171. The number of methoxy groups -OCH3 is 1. The Morgan fingerprint density at radius 1 is 1.37 bits per heavy atom. The lowest BCUT2D eigenvalue weighted by Gasteiger charge is -2.10. The number of hydrogen-bond donors (Lipinski definition) is 1. The maximum Gasteiger partial charge on any atom is 0.155 e. The molecule has 1 saturated carbocycles. The first-order chi connectivity index (χ1) is 8.86. The molecule has 2 rings (SSSR count). The van der Waals surface area contributed by atoms with Gasteiger partial charge < -0.3 is 10.5 Å². The van der Waals surface area contributed by atoms with E-state index in [1.807, 2.05) is 0 Å². The number of nitrogens with two attached hydrogens (primary N) is 1. The van der Waals surface area contributed by atoms with Crippen molar-refractivity contribution < 1.29 is 17.5 Å². The number of sulfone groups is 1. The summed E-state index contributed by atoms with van der Waals surface area (Å²) >= 11 is 0. The van der Waals surface area contributed by atoms with Crippen LogP contribution in [-0.4, -0.2) is 38.7 Å². The quantitative estimate of drug-likeness (QED) is 0.879. The molecule has 106 valence electrons. The van der Waals surface area contributed by atoms with E-state index in [2.05, 4.69) is 0 Å². The van der Waals surface area contributed by atoms with Crippen LogP contribution < -0.4 is 5.73 Å². The molecular formula is C13H18FNO3S. The highest BCUT2D eigenvalue weighted by Gasteiger charge is 2.68. The molecule has 1 aromatic carbocycles. The second-order valence-corrected chi connectivity index (χ2v) is 7.36. The highest BCUT2D eigenvalue weighted by Crippen LogP contribution is 2.54. The van der Waals surface area contributed by atoms with Crippen LogP contribution in [0.15, 0.2) is 24.3 Å². The molecule has 6 heteroatoms. The maximum absolute atomic E-state index is 12.9. The topological polar surface area (TPSA) is 69.4 Å². The molecule has 0 aromatic heterocycles. The average Bonchev–Trinajstić information content (AvgIpc) is 2.97. The van der Waals surface area contributed by atoms with Gasteiger partial charge in [0.05, 0.1) is 17.4 Å². The Morgan fingerprint density at radius 3 is 2.42 bits per heavy atom. The summed E-state index contributed by atoms with van der Waals surface area (Å²) < 4.78 is 42.2. The van der Waals surface area contributed by atoms with E-state index in [-0.39, 0.29) is 24.1 Å². The molecule has 1 fully saturated rings. The van der Waals surface area contributed by atoms with E-state index < -0.39 is 20.6 Å². The molecule has 0 saturated heterocycles. The Kier molecular flexibility index (Phi) is 3.68. The van der Waals surface area contributed by atoms with Gasteiger partial charge in [0.2, 0.25) is 0 Å². The fourth-order valence-corrected chi connectivity index (χ4v) is 4.71. The van der Waals surface area contributed by atoms with Crippen LogP contribution >= 0.6 is 0 Å². The molecular weight excluding hydrogens is 269 g/mol. The Bertz CT molecular complexity index is 558. The molecule has 0 amide bonds. The Hall–Kier alpha value is -0.980. The molecule has 0 aliphatic heterocycles. The number of benzene rings is 1. The van der Waals surface area contributed by atoms with Gasteiger partial charge in [-0.1, -0.05) is 19.1 Å². The van der Waals surface area contributed by atoms with Gasteiger partial charge in [-0.15, -0.1) is 0 Å². The van der Waals surface area contributed by atoms with Crippen molar-refractivity contribution >= 4 is 9.84 Å². The second-order valence-electron chi connectivity index (χ2n) is 4.95. The Morgan fingerprint density at radius 2 is 1.95 bits per heavy atom. The van der Waals surface area contributed by atoms with Crippen molar-refractivity contribution in [2.75, 3.05) is 19.5 Å². The summed E-state index contributed by atoms with van der Waals surface area (Å²) in [5.41, 5.74) is 6.00. The smallest absolute Gasteiger partial charge is 0.155 e. The van der Waals surface area contributed by atoms with Crippen LogP contribution in [0.3, 0.4) is 0 Å². The van der Waals surface area contributed by atoms with Gasteiger partial charge in [0, 0.05) is 18.8 Å². The Labute approximate surface area is 112 Å². The van der Waals surface area contributed by atoms with Crippen molar-refractivity contribution in [1.82, 2.24) is 0 Å². The van der Waals surface area contributed by atoms with Crippen LogP contribution in [0.5, 0.6) is 0 Å². The highest BCUT2D eigenvalue weighted by molar-refractivity contribution is 7.92. The molecule has 0 unspecified atom stereocenters. The predicted octanol–water partition coefficient (Wildman–Crippen LogP) is 1.07. The van der Waals surface area contributed by atoms with E-state index in [0.717, 1.165) is 5.56 Å². The second kappa shape index (κ2) is 4.85. The predicted molar refractivity (Wildman–Crippen MR) is 71.2 cm³/mol.